The van der Waals surface area contributed by atoms with Gasteiger partial charge in [0.15, 0.2) is 0 Å². The number of hydrogen-bond donors (Lipinski definition) is 2. The lowest BCUT2D eigenvalue weighted by Crippen LogP contribution is -2.36. The lowest BCUT2D eigenvalue weighted by atomic mass is 9.88. The Balaban J connectivity index is 1.54. The standard InChI is InChI=1S/C30H30N2O4/c33-28(34)19-16-22-8-7-13-27(20-22)32(30(36)25-11-5-2-6-12-25)21-23-14-17-26(18-15-23)31-29(35)24-9-3-1-4-10-24/h1,3-4,7-10,13-20,25H,2,5-6,11-12,21H2,(H,31,35)(H,33,34). The van der Waals surface area contributed by atoms with E-state index in [9.17, 15) is 14.4 Å². The Morgan fingerprint density at radius 2 is 1.61 bits per heavy atom. The van der Waals surface area contributed by atoms with E-state index in [2.05, 4.69) is 5.32 Å². The molecule has 0 aromatic heterocycles. The van der Waals surface area contributed by atoms with E-state index < -0.39 is 5.97 Å². The number of nitrogens with one attached hydrogen (secondary N) is 1. The van der Waals surface area contributed by atoms with Crippen LogP contribution in [0.2, 0.25) is 0 Å². The average Bonchev–Trinajstić information content (AvgIpc) is 2.92. The summed E-state index contributed by atoms with van der Waals surface area (Å²) in [6, 6.07) is 23.9. The van der Waals surface area contributed by atoms with Crippen molar-refractivity contribution >= 4 is 35.2 Å². The van der Waals surface area contributed by atoms with E-state index in [0.29, 0.717) is 17.8 Å². The van der Waals surface area contributed by atoms with Crippen molar-refractivity contribution in [3.05, 3.63) is 102 Å². The summed E-state index contributed by atoms with van der Waals surface area (Å²) in [4.78, 5) is 38.8. The molecule has 3 aromatic rings. The molecule has 2 amide bonds. The third-order valence-electron chi connectivity index (χ3n) is 6.41. The molecule has 1 saturated carbocycles. The molecule has 0 spiro atoms. The minimum atomic E-state index is -1.02. The molecule has 1 fully saturated rings. The quantitative estimate of drug-likeness (QED) is 0.377. The number of carboxylic acids is 1. The van der Waals surface area contributed by atoms with Crippen molar-refractivity contribution in [2.24, 2.45) is 5.92 Å². The summed E-state index contributed by atoms with van der Waals surface area (Å²) in [7, 11) is 0. The molecule has 0 atom stereocenters. The van der Waals surface area contributed by atoms with Gasteiger partial charge in [0.05, 0.1) is 6.54 Å². The van der Waals surface area contributed by atoms with Crippen molar-refractivity contribution in [3.63, 3.8) is 0 Å². The van der Waals surface area contributed by atoms with Gasteiger partial charge in [-0.2, -0.15) is 0 Å². The second kappa shape index (κ2) is 12.0. The van der Waals surface area contributed by atoms with Gasteiger partial charge in [0, 0.05) is 28.9 Å². The van der Waals surface area contributed by atoms with Gasteiger partial charge in [-0.3, -0.25) is 9.59 Å². The van der Waals surface area contributed by atoms with Crippen molar-refractivity contribution < 1.29 is 19.5 Å². The molecule has 0 saturated heterocycles. The van der Waals surface area contributed by atoms with Gasteiger partial charge in [0.25, 0.3) is 5.91 Å². The molecule has 6 heteroatoms. The molecule has 0 bridgehead atoms. The van der Waals surface area contributed by atoms with Crippen LogP contribution in [-0.4, -0.2) is 22.9 Å². The number of rotatable bonds is 8. The highest BCUT2D eigenvalue weighted by Gasteiger charge is 2.27. The predicted molar refractivity (Wildman–Crippen MR) is 142 cm³/mol. The highest BCUT2D eigenvalue weighted by Crippen LogP contribution is 2.29. The molecule has 0 radical (unpaired) electrons. The fourth-order valence-electron chi connectivity index (χ4n) is 4.50. The van der Waals surface area contributed by atoms with Gasteiger partial charge in [-0.1, -0.05) is 61.7 Å². The second-order valence-corrected chi connectivity index (χ2v) is 9.04. The number of nitrogens with zero attached hydrogens (tertiary/aromatic N) is 1. The van der Waals surface area contributed by atoms with Gasteiger partial charge in [0.2, 0.25) is 5.91 Å². The average molecular weight is 483 g/mol. The summed E-state index contributed by atoms with van der Waals surface area (Å²) >= 11 is 0. The Morgan fingerprint density at radius 1 is 0.889 bits per heavy atom. The summed E-state index contributed by atoms with van der Waals surface area (Å²) in [6.45, 7) is 0.383. The van der Waals surface area contributed by atoms with Gasteiger partial charge in [-0.05, 0) is 66.4 Å². The monoisotopic (exact) mass is 482 g/mol. The molecule has 1 aliphatic rings. The van der Waals surface area contributed by atoms with Crippen molar-refractivity contribution in [2.45, 2.75) is 38.6 Å². The number of benzene rings is 3. The smallest absolute Gasteiger partial charge is 0.328 e. The summed E-state index contributed by atoms with van der Waals surface area (Å²) < 4.78 is 0. The van der Waals surface area contributed by atoms with Crippen LogP contribution in [-0.2, 0) is 16.1 Å². The molecule has 184 valence electrons. The summed E-state index contributed by atoms with van der Waals surface area (Å²) in [5, 5.41) is 11.9. The Bertz CT molecular complexity index is 1230. The highest BCUT2D eigenvalue weighted by atomic mass is 16.4. The fourth-order valence-corrected chi connectivity index (χ4v) is 4.50. The van der Waals surface area contributed by atoms with Crippen LogP contribution in [0.4, 0.5) is 11.4 Å². The molecule has 36 heavy (non-hydrogen) atoms. The molecule has 2 N–H and O–H groups in total. The minimum absolute atomic E-state index is 0.0126. The Hall–Kier alpha value is -4.19. The lowest BCUT2D eigenvalue weighted by Gasteiger charge is -2.30. The van der Waals surface area contributed by atoms with Crippen LogP contribution in [0.1, 0.15) is 53.6 Å². The van der Waals surface area contributed by atoms with Crippen LogP contribution in [0.15, 0.2) is 84.9 Å². The molecule has 0 unspecified atom stereocenters. The zero-order chi connectivity index (χ0) is 25.3. The summed E-state index contributed by atoms with van der Waals surface area (Å²) in [5.41, 5.74) is 3.65. The number of carbonyl (C=O) groups is 3. The molecule has 3 aromatic carbocycles. The maximum atomic E-state index is 13.6. The van der Waals surface area contributed by atoms with Crippen LogP contribution in [0.5, 0.6) is 0 Å². The van der Waals surface area contributed by atoms with Crippen LogP contribution >= 0.6 is 0 Å². The van der Waals surface area contributed by atoms with Crippen molar-refractivity contribution in [1.29, 1.82) is 0 Å². The van der Waals surface area contributed by atoms with Gasteiger partial charge in [0.1, 0.15) is 0 Å². The first kappa shape index (κ1) is 24.9. The van der Waals surface area contributed by atoms with Crippen molar-refractivity contribution in [2.75, 3.05) is 10.2 Å². The molecule has 4 rings (SSSR count). The first-order valence-corrected chi connectivity index (χ1v) is 12.3. The largest absolute Gasteiger partial charge is 0.478 e. The van der Waals surface area contributed by atoms with E-state index >= 15 is 0 Å². The van der Waals surface area contributed by atoms with Gasteiger partial charge < -0.3 is 15.3 Å². The van der Waals surface area contributed by atoms with E-state index in [1.165, 1.54) is 6.08 Å². The summed E-state index contributed by atoms with van der Waals surface area (Å²) in [6.07, 6.45) is 7.67. The Labute approximate surface area is 211 Å². The van der Waals surface area contributed by atoms with Crippen LogP contribution in [0, 0.1) is 5.92 Å². The minimum Gasteiger partial charge on any atom is -0.478 e. The second-order valence-electron chi connectivity index (χ2n) is 9.04. The number of amides is 2. The maximum absolute atomic E-state index is 13.6. The number of carboxylic acid groups (broad SMARTS) is 1. The highest BCUT2D eigenvalue weighted by molar-refractivity contribution is 6.04. The zero-order valence-corrected chi connectivity index (χ0v) is 20.1. The number of anilines is 2. The molecule has 1 aliphatic carbocycles. The number of aliphatic carboxylic acids is 1. The van der Waals surface area contributed by atoms with Gasteiger partial charge in [-0.25, -0.2) is 4.79 Å². The van der Waals surface area contributed by atoms with E-state index in [-0.39, 0.29) is 17.7 Å². The van der Waals surface area contributed by atoms with E-state index in [4.69, 9.17) is 5.11 Å². The first-order chi connectivity index (χ1) is 17.5. The molecular weight excluding hydrogens is 452 g/mol. The molecule has 0 heterocycles. The Morgan fingerprint density at radius 3 is 2.31 bits per heavy atom. The SMILES string of the molecule is O=C(O)C=Cc1cccc(N(Cc2ccc(NC(=O)c3ccccc3)cc2)C(=O)C2CCCCC2)c1. The maximum Gasteiger partial charge on any atom is 0.328 e. The van der Waals surface area contributed by atoms with E-state index in [1.807, 2.05) is 66.7 Å². The van der Waals surface area contributed by atoms with Crippen LogP contribution < -0.4 is 10.2 Å². The predicted octanol–water partition coefficient (Wildman–Crippen LogP) is 6.15. The van der Waals surface area contributed by atoms with E-state index in [0.717, 1.165) is 55.0 Å². The number of carbonyl (C=O) groups excluding carboxylic acids is 2. The van der Waals surface area contributed by atoms with Gasteiger partial charge in [-0.15, -0.1) is 0 Å². The van der Waals surface area contributed by atoms with Crippen LogP contribution in [0.3, 0.4) is 0 Å². The summed E-state index contributed by atoms with van der Waals surface area (Å²) in [5.74, 6) is -1.12. The molecule has 6 nitrogen and oxygen atoms in total. The lowest BCUT2D eigenvalue weighted by molar-refractivity contribution is -0.131. The van der Waals surface area contributed by atoms with Crippen LogP contribution in [0.25, 0.3) is 6.08 Å². The van der Waals surface area contributed by atoms with Crippen molar-refractivity contribution in [3.8, 4) is 0 Å². The van der Waals surface area contributed by atoms with Gasteiger partial charge >= 0.3 is 5.97 Å². The topological polar surface area (TPSA) is 86.7 Å². The molecular formula is C30H30N2O4. The van der Waals surface area contributed by atoms with Crippen molar-refractivity contribution in [1.82, 2.24) is 0 Å². The fraction of sp³-hybridized carbons (Fsp3) is 0.233. The zero-order valence-electron chi connectivity index (χ0n) is 20.1. The number of hydrogen-bond acceptors (Lipinski definition) is 3. The third kappa shape index (κ3) is 6.69. The normalized spacial score (nSPS) is 13.9. The van der Waals surface area contributed by atoms with E-state index in [1.54, 1.807) is 17.0 Å². The Kier molecular flexibility index (Phi) is 8.29. The first-order valence-electron chi connectivity index (χ1n) is 12.3. The molecule has 0 aliphatic heterocycles. The third-order valence-corrected chi connectivity index (χ3v) is 6.41.